The predicted octanol–water partition coefficient (Wildman–Crippen LogP) is 3.03. The molecule has 18 heavy (non-hydrogen) atoms. The minimum atomic E-state index is 0.232. The van der Waals surface area contributed by atoms with Gasteiger partial charge in [-0.1, -0.05) is 6.42 Å². The molecule has 1 atom stereocenters. The van der Waals surface area contributed by atoms with Crippen molar-refractivity contribution in [1.29, 1.82) is 0 Å². The number of ether oxygens (including phenoxy) is 1. The molecule has 1 aliphatic rings. The van der Waals surface area contributed by atoms with Gasteiger partial charge < -0.3 is 15.4 Å². The highest BCUT2D eigenvalue weighted by molar-refractivity contribution is 5.46. The van der Waals surface area contributed by atoms with Gasteiger partial charge in [0, 0.05) is 18.3 Å². The molecule has 1 aliphatic heterocycles. The summed E-state index contributed by atoms with van der Waals surface area (Å²) in [6.45, 7) is 6.25. The Morgan fingerprint density at radius 1 is 1.28 bits per heavy atom. The fourth-order valence-corrected chi connectivity index (χ4v) is 2.26. The predicted molar refractivity (Wildman–Crippen MR) is 76.3 cm³/mol. The molecule has 1 saturated heterocycles. The van der Waals surface area contributed by atoms with Crippen molar-refractivity contribution in [2.24, 2.45) is 0 Å². The average molecular weight is 248 g/mol. The maximum atomic E-state index is 5.62. The summed E-state index contributed by atoms with van der Waals surface area (Å²) in [5.74, 6) is 0.936. The van der Waals surface area contributed by atoms with Crippen LogP contribution in [-0.2, 0) is 0 Å². The van der Waals surface area contributed by atoms with Gasteiger partial charge in [0.1, 0.15) is 5.75 Å². The molecule has 0 aliphatic carbocycles. The van der Waals surface area contributed by atoms with E-state index in [1.807, 2.05) is 26.0 Å². The lowest BCUT2D eigenvalue weighted by Crippen LogP contribution is -2.39. The lowest BCUT2D eigenvalue weighted by molar-refractivity contribution is 0.242. The van der Waals surface area contributed by atoms with Gasteiger partial charge >= 0.3 is 0 Å². The summed E-state index contributed by atoms with van der Waals surface area (Å²) in [5.41, 5.74) is 1.17. The molecule has 2 N–H and O–H groups in total. The normalized spacial score (nSPS) is 19.8. The van der Waals surface area contributed by atoms with E-state index in [0.29, 0.717) is 6.04 Å². The third-order valence-electron chi connectivity index (χ3n) is 3.19. The van der Waals surface area contributed by atoms with E-state index in [4.69, 9.17) is 4.74 Å². The van der Waals surface area contributed by atoms with Crippen molar-refractivity contribution in [3.05, 3.63) is 24.3 Å². The Labute approximate surface area is 110 Å². The largest absolute Gasteiger partial charge is 0.491 e. The second kappa shape index (κ2) is 6.64. The molecule has 3 nitrogen and oxygen atoms in total. The van der Waals surface area contributed by atoms with Crippen molar-refractivity contribution in [3.63, 3.8) is 0 Å². The first-order valence-electron chi connectivity index (χ1n) is 6.98. The third kappa shape index (κ3) is 4.22. The highest BCUT2D eigenvalue weighted by atomic mass is 16.5. The van der Waals surface area contributed by atoms with Crippen molar-refractivity contribution >= 4 is 5.69 Å². The van der Waals surface area contributed by atoms with E-state index in [9.17, 15) is 0 Å². The molecule has 2 rings (SSSR count). The van der Waals surface area contributed by atoms with Crippen LogP contribution >= 0.6 is 0 Å². The van der Waals surface area contributed by atoms with Crippen LogP contribution in [0.3, 0.4) is 0 Å². The molecule has 1 heterocycles. The minimum Gasteiger partial charge on any atom is -0.491 e. The van der Waals surface area contributed by atoms with Crippen molar-refractivity contribution in [2.45, 2.75) is 45.3 Å². The Morgan fingerprint density at radius 2 is 2.06 bits per heavy atom. The van der Waals surface area contributed by atoms with Crippen molar-refractivity contribution < 1.29 is 4.74 Å². The van der Waals surface area contributed by atoms with Gasteiger partial charge in [-0.2, -0.15) is 0 Å². The molecule has 0 aromatic heterocycles. The Hall–Kier alpha value is -1.22. The molecule has 1 aromatic carbocycles. The van der Waals surface area contributed by atoms with Gasteiger partial charge in [-0.05, 0) is 57.5 Å². The second-order valence-electron chi connectivity index (χ2n) is 5.22. The van der Waals surface area contributed by atoms with Crippen LogP contribution < -0.4 is 15.4 Å². The smallest absolute Gasteiger partial charge is 0.119 e. The molecule has 100 valence electrons. The van der Waals surface area contributed by atoms with Crippen LogP contribution in [0.2, 0.25) is 0 Å². The fourth-order valence-electron chi connectivity index (χ4n) is 2.26. The Bertz CT molecular complexity index is 342. The maximum Gasteiger partial charge on any atom is 0.119 e. The Balaban J connectivity index is 1.78. The summed E-state index contributed by atoms with van der Waals surface area (Å²) in [4.78, 5) is 0. The van der Waals surface area contributed by atoms with Gasteiger partial charge in [0.05, 0.1) is 6.10 Å². The maximum absolute atomic E-state index is 5.62. The highest BCUT2D eigenvalue weighted by Gasteiger charge is 2.11. The number of nitrogens with one attached hydrogen (secondary N) is 2. The van der Waals surface area contributed by atoms with Crippen LogP contribution in [0.1, 0.15) is 33.1 Å². The standard InChI is InChI=1S/C15H24N2O/c1-12(2)18-15-8-6-13(7-9-15)17-11-14-5-3-4-10-16-14/h6-9,12,14,16-17H,3-5,10-11H2,1-2H3. The second-order valence-corrected chi connectivity index (χ2v) is 5.22. The van der Waals surface area contributed by atoms with E-state index < -0.39 is 0 Å². The molecular formula is C15H24N2O. The number of hydrogen-bond acceptors (Lipinski definition) is 3. The molecule has 1 aromatic rings. The van der Waals surface area contributed by atoms with Crippen LogP contribution in [0, 0.1) is 0 Å². The monoisotopic (exact) mass is 248 g/mol. The summed E-state index contributed by atoms with van der Waals surface area (Å²) in [6.07, 6.45) is 4.18. The van der Waals surface area contributed by atoms with Crippen LogP contribution in [0.25, 0.3) is 0 Å². The highest BCUT2D eigenvalue weighted by Crippen LogP contribution is 2.17. The Kier molecular flexibility index (Phi) is 4.88. The summed E-state index contributed by atoms with van der Waals surface area (Å²) in [5, 5.41) is 7.02. The van der Waals surface area contributed by atoms with E-state index in [1.54, 1.807) is 0 Å². The van der Waals surface area contributed by atoms with Crippen molar-refractivity contribution in [3.8, 4) is 5.75 Å². The summed E-state index contributed by atoms with van der Waals surface area (Å²) >= 11 is 0. The number of piperidine rings is 1. The zero-order valence-electron chi connectivity index (χ0n) is 11.4. The molecule has 0 bridgehead atoms. The fraction of sp³-hybridized carbons (Fsp3) is 0.600. The lowest BCUT2D eigenvalue weighted by atomic mass is 10.1. The van der Waals surface area contributed by atoms with Crippen LogP contribution in [0.15, 0.2) is 24.3 Å². The summed E-state index contributed by atoms with van der Waals surface area (Å²) < 4.78 is 5.62. The molecule has 0 spiro atoms. The molecule has 1 unspecified atom stereocenters. The molecule has 0 saturated carbocycles. The van der Waals surface area contributed by atoms with Gasteiger partial charge in [0.25, 0.3) is 0 Å². The van der Waals surface area contributed by atoms with E-state index >= 15 is 0 Å². The topological polar surface area (TPSA) is 33.3 Å². The van der Waals surface area contributed by atoms with Gasteiger partial charge in [-0.25, -0.2) is 0 Å². The third-order valence-corrected chi connectivity index (χ3v) is 3.19. The van der Waals surface area contributed by atoms with Gasteiger partial charge in [-0.15, -0.1) is 0 Å². The molecule has 0 amide bonds. The van der Waals surface area contributed by atoms with Crippen molar-refractivity contribution in [1.82, 2.24) is 5.32 Å². The minimum absolute atomic E-state index is 0.232. The van der Waals surface area contributed by atoms with Crippen LogP contribution in [-0.4, -0.2) is 25.2 Å². The van der Waals surface area contributed by atoms with Gasteiger partial charge in [0.2, 0.25) is 0 Å². The number of anilines is 1. The zero-order chi connectivity index (χ0) is 12.8. The zero-order valence-corrected chi connectivity index (χ0v) is 11.4. The molecule has 3 heteroatoms. The van der Waals surface area contributed by atoms with E-state index in [1.165, 1.54) is 24.9 Å². The quantitative estimate of drug-likeness (QED) is 0.840. The van der Waals surface area contributed by atoms with E-state index in [-0.39, 0.29) is 6.10 Å². The van der Waals surface area contributed by atoms with E-state index in [0.717, 1.165) is 18.8 Å². The summed E-state index contributed by atoms with van der Waals surface area (Å²) in [6, 6.07) is 8.83. The summed E-state index contributed by atoms with van der Waals surface area (Å²) in [7, 11) is 0. The number of rotatable bonds is 5. The van der Waals surface area contributed by atoms with Gasteiger partial charge in [0.15, 0.2) is 0 Å². The average Bonchev–Trinajstić information content (AvgIpc) is 2.38. The SMILES string of the molecule is CC(C)Oc1ccc(NCC2CCCCN2)cc1. The number of hydrogen-bond donors (Lipinski definition) is 2. The lowest BCUT2D eigenvalue weighted by Gasteiger charge is -2.24. The first kappa shape index (κ1) is 13.2. The first-order chi connectivity index (χ1) is 8.74. The molecular weight excluding hydrogens is 224 g/mol. The molecule has 1 fully saturated rings. The van der Waals surface area contributed by atoms with Crippen molar-refractivity contribution in [2.75, 3.05) is 18.4 Å². The van der Waals surface area contributed by atoms with Gasteiger partial charge in [-0.3, -0.25) is 0 Å². The molecule has 0 radical (unpaired) electrons. The first-order valence-corrected chi connectivity index (χ1v) is 6.98. The van der Waals surface area contributed by atoms with Crippen LogP contribution in [0.4, 0.5) is 5.69 Å². The van der Waals surface area contributed by atoms with E-state index in [2.05, 4.69) is 22.8 Å². The number of benzene rings is 1. The Morgan fingerprint density at radius 3 is 2.67 bits per heavy atom. The van der Waals surface area contributed by atoms with Crippen LogP contribution in [0.5, 0.6) is 5.75 Å².